The van der Waals surface area contributed by atoms with Gasteiger partial charge in [0.1, 0.15) is 5.75 Å². The maximum absolute atomic E-state index is 13.0. The number of sulfonamides is 1. The summed E-state index contributed by atoms with van der Waals surface area (Å²) < 4.78 is 32.6. The Balaban J connectivity index is 1.25. The quantitative estimate of drug-likeness (QED) is 0.452. The Labute approximate surface area is 233 Å². The zero-order valence-electron chi connectivity index (χ0n) is 22.3. The van der Waals surface area contributed by atoms with E-state index in [1.807, 2.05) is 12.1 Å². The lowest BCUT2D eigenvalue weighted by molar-refractivity contribution is -0.127. The summed E-state index contributed by atoms with van der Waals surface area (Å²) in [4.78, 5) is 39.6. The first-order valence-corrected chi connectivity index (χ1v) is 15.1. The fourth-order valence-electron chi connectivity index (χ4n) is 4.51. The molecule has 3 amide bonds. The highest BCUT2D eigenvalue weighted by Crippen LogP contribution is 2.32. The fourth-order valence-corrected chi connectivity index (χ4v) is 6.85. The van der Waals surface area contributed by atoms with Crippen LogP contribution in [-0.4, -0.2) is 68.0 Å². The van der Waals surface area contributed by atoms with Crippen molar-refractivity contribution in [2.24, 2.45) is 5.92 Å². The normalized spacial score (nSPS) is 18.3. The highest BCUT2D eigenvalue weighted by molar-refractivity contribution is 8.18. The molecule has 39 heavy (non-hydrogen) atoms. The Bertz CT molecular complexity index is 1350. The second-order valence-electron chi connectivity index (χ2n) is 9.80. The van der Waals surface area contributed by atoms with Gasteiger partial charge in [0.15, 0.2) is 0 Å². The molecule has 0 saturated carbocycles. The fraction of sp³-hybridized carbons (Fsp3) is 0.393. The van der Waals surface area contributed by atoms with E-state index in [9.17, 15) is 22.8 Å². The molecule has 0 aliphatic carbocycles. The van der Waals surface area contributed by atoms with Gasteiger partial charge in [-0.25, -0.2) is 8.42 Å². The molecule has 11 heteroatoms. The number of piperidine rings is 1. The Kier molecular flexibility index (Phi) is 9.14. The molecular formula is C28H33N3O6S2. The van der Waals surface area contributed by atoms with Crippen LogP contribution in [0.2, 0.25) is 0 Å². The zero-order chi connectivity index (χ0) is 28.2. The SMILES string of the molecule is COc1ccc(/C=C2\SC(=O)N(CCNC(=O)C3CCN(S(=O)(=O)c4ccc(C(C)C)cc4)CC3)C2=O)cc1. The van der Waals surface area contributed by atoms with Crippen LogP contribution in [0.3, 0.4) is 0 Å². The van der Waals surface area contributed by atoms with E-state index in [-0.39, 0.29) is 48.1 Å². The summed E-state index contributed by atoms with van der Waals surface area (Å²) in [7, 11) is -2.05. The second-order valence-corrected chi connectivity index (χ2v) is 12.7. The second kappa shape index (κ2) is 12.4. The van der Waals surface area contributed by atoms with Crippen LogP contribution in [0, 0.1) is 5.92 Å². The molecule has 4 rings (SSSR count). The molecule has 0 aromatic heterocycles. The van der Waals surface area contributed by atoms with Gasteiger partial charge in [0, 0.05) is 32.1 Å². The molecule has 2 saturated heterocycles. The van der Waals surface area contributed by atoms with Crippen molar-refractivity contribution in [2.75, 3.05) is 33.3 Å². The number of imide groups is 1. The topological polar surface area (TPSA) is 113 Å². The lowest BCUT2D eigenvalue weighted by Gasteiger charge is -2.30. The lowest BCUT2D eigenvalue weighted by Crippen LogP contribution is -2.44. The van der Waals surface area contributed by atoms with Gasteiger partial charge in [0.05, 0.1) is 16.9 Å². The summed E-state index contributed by atoms with van der Waals surface area (Å²) >= 11 is 0.868. The summed E-state index contributed by atoms with van der Waals surface area (Å²) in [6, 6.07) is 14.1. The Morgan fingerprint density at radius 3 is 2.31 bits per heavy atom. The summed E-state index contributed by atoms with van der Waals surface area (Å²) in [5.41, 5.74) is 1.85. The third-order valence-corrected chi connectivity index (χ3v) is 9.75. The number of nitrogens with zero attached hydrogens (tertiary/aromatic N) is 2. The molecule has 2 fully saturated rings. The van der Waals surface area contributed by atoms with Crippen molar-refractivity contribution in [1.29, 1.82) is 0 Å². The molecule has 9 nitrogen and oxygen atoms in total. The largest absolute Gasteiger partial charge is 0.497 e. The molecule has 0 radical (unpaired) electrons. The van der Waals surface area contributed by atoms with E-state index >= 15 is 0 Å². The highest BCUT2D eigenvalue weighted by Gasteiger charge is 2.35. The van der Waals surface area contributed by atoms with Gasteiger partial charge in [-0.1, -0.05) is 38.1 Å². The summed E-state index contributed by atoms with van der Waals surface area (Å²) in [5.74, 6) is 0.0859. The van der Waals surface area contributed by atoms with Crippen LogP contribution in [0.15, 0.2) is 58.3 Å². The van der Waals surface area contributed by atoms with Crippen molar-refractivity contribution in [3.05, 3.63) is 64.6 Å². The van der Waals surface area contributed by atoms with Crippen LogP contribution < -0.4 is 10.1 Å². The van der Waals surface area contributed by atoms with Gasteiger partial charge >= 0.3 is 0 Å². The number of amides is 3. The summed E-state index contributed by atoms with van der Waals surface area (Å²) in [6.45, 7) is 4.82. The first kappa shape index (κ1) is 28.8. The van der Waals surface area contributed by atoms with Gasteiger partial charge in [-0.15, -0.1) is 0 Å². The van der Waals surface area contributed by atoms with Crippen molar-refractivity contribution in [3.8, 4) is 5.75 Å². The third-order valence-electron chi connectivity index (χ3n) is 6.93. The number of carbonyl (C=O) groups excluding carboxylic acids is 3. The van der Waals surface area contributed by atoms with Crippen LogP contribution in [0.25, 0.3) is 6.08 Å². The molecule has 2 heterocycles. The van der Waals surface area contributed by atoms with Crippen molar-refractivity contribution in [3.63, 3.8) is 0 Å². The number of carbonyl (C=O) groups is 3. The summed E-state index contributed by atoms with van der Waals surface area (Å²) in [6.07, 6.45) is 2.46. The lowest BCUT2D eigenvalue weighted by atomic mass is 9.97. The Morgan fingerprint density at radius 1 is 1.08 bits per heavy atom. The van der Waals surface area contributed by atoms with Crippen molar-refractivity contribution in [2.45, 2.75) is 37.5 Å². The van der Waals surface area contributed by atoms with Gasteiger partial charge < -0.3 is 10.1 Å². The average Bonchev–Trinajstić information content (AvgIpc) is 3.20. The van der Waals surface area contributed by atoms with Gasteiger partial charge in [0.25, 0.3) is 11.1 Å². The molecule has 2 aromatic rings. The van der Waals surface area contributed by atoms with Crippen LogP contribution >= 0.6 is 11.8 Å². The average molecular weight is 572 g/mol. The molecule has 1 N–H and O–H groups in total. The minimum absolute atomic E-state index is 0.0654. The van der Waals surface area contributed by atoms with Gasteiger partial charge in [0.2, 0.25) is 15.9 Å². The molecular weight excluding hydrogens is 538 g/mol. The minimum atomic E-state index is -3.62. The first-order chi connectivity index (χ1) is 18.6. The van der Waals surface area contributed by atoms with Crippen molar-refractivity contribution >= 4 is 44.9 Å². The van der Waals surface area contributed by atoms with Crippen LogP contribution in [-0.2, 0) is 19.6 Å². The van der Waals surface area contributed by atoms with Gasteiger partial charge in [-0.2, -0.15) is 4.31 Å². The molecule has 2 aromatic carbocycles. The number of methoxy groups -OCH3 is 1. The number of ether oxygens (including phenoxy) is 1. The van der Waals surface area contributed by atoms with Crippen molar-refractivity contribution in [1.82, 2.24) is 14.5 Å². The number of nitrogens with one attached hydrogen (secondary N) is 1. The Hall–Kier alpha value is -3.15. The van der Waals surface area contributed by atoms with E-state index in [0.29, 0.717) is 29.4 Å². The molecule has 208 valence electrons. The van der Waals surface area contributed by atoms with Crippen LogP contribution in [0.5, 0.6) is 5.75 Å². The minimum Gasteiger partial charge on any atom is -0.497 e. The zero-order valence-corrected chi connectivity index (χ0v) is 23.9. The summed E-state index contributed by atoms with van der Waals surface area (Å²) in [5, 5.41) is 2.42. The maximum atomic E-state index is 13.0. The third kappa shape index (κ3) is 6.71. The number of rotatable bonds is 9. The van der Waals surface area contributed by atoms with E-state index in [4.69, 9.17) is 4.74 Å². The van der Waals surface area contributed by atoms with E-state index < -0.39 is 15.9 Å². The maximum Gasteiger partial charge on any atom is 0.293 e. The van der Waals surface area contributed by atoms with Gasteiger partial charge in [-0.05, 0) is 72.0 Å². The van der Waals surface area contributed by atoms with E-state index in [1.54, 1.807) is 49.6 Å². The van der Waals surface area contributed by atoms with Gasteiger partial charge in [-0.3, -0.25) is 19.3 Å². The molecule has 0 atom stereocenters. The predicted octanol–water partition coefficient (Wildman–Crippen LogP) is 4.07. The molecule has 2 aliphatic rings. The number of hydrogen-bond acceptors (Lipinski definition) is 7. The van der Waals surface area contributed by atoms with Crippen LogP contribution in [0.1, 0.15) is 43.7 Å². The number of hydrogen-bond donors (Lipinski definition) is 1. The monoisotopic (exact) mass is 571 g/mol. The smallest absolute Gasteiger partial charge is 0.293 e. The molecule has 2 aliphatic heterocycles. The molecule has 0 spiro atoms. The van der Waals surface area contributed by atoms with E-state index in [0.717, 1.165) is 27.8 Å². The standard InChI is InChI=1S/C28H33N3O6S2/c1-19(2)21-6-10-24(11-7-21)39(35,36)30-15-12-22(13-16-30)26(32)29-14-17-31-27(33)25(38-28(31)34)18-20-4-8-23(37-3)9-5-20/h4-11,18-19,22H,12-17H2,1-3H3,(H,29,32)/b25-18-. The van der Waals surface area contributed by atoms with Crippen molar-refractivity contribution < 1.29 is 27.5 Å². The van der Waals surface area contributed by atoms with Crippen LogP contribution in [0.4, 0.5) is 4.79 Å². The van der Waals surface area contributed by atoms with E-state index in [2.05, 4.69) is 19.2 Å². The highest BCUT2D eigenvalue weighted by atomic mass is 32.2. The Morgan fingerprint density at radius 2 is 1.72 bits per heavy atom. The van der Waals surface area contributed by atoms with E-state index in [1.165, 1.54) is 4.31 Å². The molecule has 0 unspecified atom stereocenters. The predicted molar refractivity (Wildman–Crippen MR) is 151 cm³/mol. The number of thioether (sulfide) groups is 1. The first-order valence-electron chi connectivity index (χ1n) is 12.9. The number of benzene rings is 2. The molecule has 0 bridgehead atoms.